The number of nitrogens with zero attached hydrogens (tertiary/aromatic N) is 2. The van der Waals surface area contributed by atoms with Crippen molar-refractivity contribution in [3.05, 3.63) is 17.5 Å². The molecule has 0 aliphatic heterocycles. The summed E-state index contributed by atoms with van der Waals surface area (Å²) in [6.45, 7) is 1.41. The van der Waals surface area contributed by atoms with Crippen LogP contribution in [0.2, 0.25) is 0 Å². The molecule has 0 saturated heterocycles. The van der Waals surface area contributed by atoms with Gasteiger partial charge in [0.25, 0.3) is 0 Å². The fraction of sp³-hybridized carbons (Fsp3) is 0.600. The average Bonchev–Trinajstić information content (AvgIpc) is 2.84. The van der Waals surface area contributed by atoms with Crippen LogP contribution in [0.4, 0.5) is 13.2 Å². The predicted octanol–water partition coefficient (Wildman–Crippen LogP) is 2.06. The van der Waals surface area contributed by atoms with Gasteiger partial charge in [-0.1, -0.05) is 0 Å². The molecule has 1 fully saturated rings. The number of halogens is 3. The van der Waals surface area contributed by atoms with E-state index < -0.39 is 17.3 Å². The van der Waals surface area contributed by atoms with Crippen LogP contribution in [0, 0.1) is 0 Å². The van der Waals surface area contributed by atoms with Gasteiger partial charge >= 0.3 is 6.18 Å². The first-order valence-electron chi connectivity index (χ1n) is 4.90. The fourth-order valence-electron chi connectivity index (χ4n) is 1.97. The van der Waals surface area contributed by atoms with E-state index in [0.717, 1.165) is 10.7 Å². The second-order valence-corrected chi connectivity index (χ2v) is 4.17. The fourth-order valence-corrected chi connectivity index (χ4v) is 1.97. The van der Waals surface area contributed by atoms with Gasteiger partial charge in [-0.05, 0) is 25.8 Å². The Bertz CT molecular complexity index is 443. The Hall–Kier alpha value is -1.33. The van der Waals surface area contributed by atoms with Gasteiger partial charge < -0.3 is 0 Å². The Balaban J connectivity index is 2.44. The van der Waals surface area contributed by atoms with Crippen LogP contribution in [0.15, 0.2) is 6.07 Å². The highest BCUT2D eigenvalue weighted by Gasteiger charge is 2.52. The maximum absolute atomic E-state index is 12.4. The van der Waals surface area contributed by atoms with Gasteiger partial charge in [0.1, 0.15) is 5.78 Å². The molecule has 1 aromatic heterocycles. The van der Waals surface area contributed by atoms with Gasteiger partial charge in [-0.2, -0.15) is 18.3 Å². The summed E-state index contributed by atoms with van der Waals surface area (Å²) in [7, 11) is 1.44. The van der Waals surface area contributed by atoms with Crippen molar-refractivity contribution < 1.29 is 18.0 Å². The Labute approximate surface area is 90.2 Å². The highest BCUT2D eigenvalue weighted by Crippen LogP contribution is 2.49. The lowest BCUT2D eigenvalue weighted by Crippen LogP contribution is -2.20. The van der Waals surface area contributed by atoms with Crippen LogP contribution in [0.3, 0.4) is 0 Å². The number of aromatic nitrogens is 2. The largest absolute Gasteiger partial charge is 0.435 e. The molecule has 1 aliphatic rings. The van der Waals surface area contributed by atoms with Crippen molar-refractivity contribution in [2.45, 2.75) is 31.4 Å². The normalized spacial score (nSPS) is 18.6. The van der Waals surface area contributed by atoms with Crippen LogP contribution in [-0.4, -0.2) is 15.6 Å². The molecule has 0 bridgehead atoms. The van der Waals surface area contributed by atoms with Crippen molar-refractivity contribution >= 4 is 5.78 Å². The van der Waals surface area contributed by atoms with Crippen LogP contribution in [0.5, 0.6) is 0 Å². The molecule has 1 aliphatic carbocycles. The molecule has 0 N–H and O–H groups in total. The smallest absolute Gasteiger partial charge is 0.299 e. The summed E-state index contributed by atoms with van der Waals surface area (Å²) in [5.41, 5.74) is -1.28. The molecule has 16 heavy (non-hydrogen) atoms. The Morgan fingerprint density at radius 1 is 1.50 bits per heavy atom. The number of Topliss-reactive ketones (excluding diaryl/α,β-unsaturated/α-hetero) is 1. The molecule has 0 unspecified atom stereocenters. The molecule has 0 atom stereocenters. The Morgan fingerprint density at radius 3 is 2.38 bits per heavy atom. The van der Waals surface area contributed by atoms with Crippen molar-refractivity contribution in [3.63, 3.8) is 0 Å². The third-order valence-corrected chi connectivity index (χ3v) is 3.08. The van der Waals surface area contributed by atoms with E-state index in [1.54, 1.807) is 0 Å². The molecule has 1 heterocycles. The van der Waals surface area contributed by atoms with Crippen LogP contribution >= 0.6 is 0 Å². The van der Waals surface area contributed by atoms with E-state index in [1.807, 2.05) is 0 Å². The van der Waals surface area contributed by atoms with Gasteiger partial charge in [0, 0.05) is 7.05 Å². The molecule has 0 radical (unpaired) electrons. The predicted molar refractivity (Wildman–Crippen MR) is 49.8 cm³/mol. The van der Waals surface area contributed by atoms with Crippen LogP contribution in [0.25, 0.3) is 0 Å². The second kappa shape index (κ2) is 3.09. The first-order valence-corrected chi connectivity index (χ1v) is 4.90. The van der Waals surface area contributed by atoms with Crippen LogP contribution < -0.4 is 0 Å². The quantitative estimate of drug-likeness (QED) is 0.782. The summed E-state index contributed by atoms with van der Waals surface area (Å²) in [4.78, 5) is 11.4. The minimum Gasteiger partial charge on any atom is -0.299 e. The lowest BCUT2D eigenvalue weighted by molar-refractivity contribution is -0.141. The average molecular weight is 232 g/mol. The molecule has 1 aromatic rings. The van der Waals surface area contributed by atoms with Gasteiger partial charge in [-0.15, -0.1) is 0 Å². The summed E-state index contributed by atoms with van der Waals surface area (Å²) < 4.78 is 38.5. The zero-order chi connectivity index (χ0) is 12.1. The third kappa shape index (κ3) is 1.52. The zero-order valence-electron chi connectivity index (χ0n) is 8.93. The first-order chi connectivity index (χ1) is 7.27. The Morgan fingerprint density at radius 2 is 2.06 bits per heavy atom. The minimum atomic E-state index is -4.46. The summed E-state index contributed by atoms with van der Waals surface area (Å²) >= 11 is 0. The molecule has 0 amide bonds. The van der Waals surface area contributed by atoms with Gasteiger partial charge in [0.2, 0.25) is 0 Å². The van der Waals surface area contributed by atoms with Crippen molar-refractivity contribution in [3.8, 4) is 0 Å². The van der Waals surface area contributed by atoms with Crippen LogP contribution in [0.1, 0.15) is 31.2 Å². The highest BCUT2D eigenvalue weighted by molar-refractivity contribution is 5.90. The lowest BCUT2D eigenvalue weighted by Gasteiger charge is -2.10. The van der Waals surface area contributed by atoms with E-state index in [4.69, 9.17) is 0 Å². The molecular weight excluding hydrogens is 221 g/mol. The SMILES string of the molecule is CC(=O)C1(c2cc(C(F)(F)F)nn2C)CC1. The topological polar surface area (TPSA) is 34.9 Å². The number of aryl methyl sites for hydroxylation is 1. The minimum absolute atomic E-state index is 0.0933. The van der Waals surface area contributed by atoms with E-state index in [1.165, 1.54) is 14.0 Å². The third-order valence-electron chi connectivity index (χ3n) is 3.08. The molecular formula is C10H11F3N2O. The van der Waals surface area contributed by atoms with E-state index in [0.29, 0.717) is 18.5 Å². The van der Waals surface area contributed by atoms with Gasteiger partial charge in [0.05, 0.1) is 11.1 Å². The molecule has 0 aromatic carbocycles. The molecule has 88 valence electrons. The molecule has 6 heteroatoms. The van der Waals surface area contributed by atoms with Gasteiger partial charge in [-0.25, -0.2) is 0 Å². The summed E-state index contributed by atoms with van der Waals surface area (Å²) in [5.74, 6) is -0.0933. The maximum Gasteiger partial charge on any atom is 0.435 e. The van der Waals surface area contributed by atoms with Crippen molar-refractivity contribution in [2.24, 2.45) is 7.05 Å². The standard InChI is InChI=1S/C10H11F3N2O/c1-6(16)9(3-4-9)8-5-7(10(11,12)13)14-15(8)2/h5H,3-4H2,1-2H3. The number of carbonyl (C=O) groups excluding carboxylic acids is 1. The molecule has 0 spiro atoms. The van der Waals surface area contributed by atoms with Gasteiger partial charge in [-0.3, -0.25) is 9.48 Å². The van der Waals surface area contributed by atoms with Gasteiger partial charge in [0.15, 0.2) is 5.69 Å². The second-order valence-electron chi connectivity index (χ2n) is 4.17. The summed E-state index contributed by atoms with van der Waals surface area (Å²) in [5, 5.41) is 3.41. The number of alkyl halides is 3. The Kier molecular flexibility index (Phi) is 2.15. The maximum atomic E-state index is 12.4. The number of hydrogen-bond acceptors (Lipinski definition) is 2. The van der Waals surface area contributed by atoms with E-state index >= 15 is 0 Å². The monoisotopic (exact) mass is 232 g/mol. The number of rotatable bonds is 2. The summed E-state index contributed by atoms with van der Waals surface area (Å²) in [6.07, 6.45) is -3.23. The van der Waals surface area contributed by atoms with E-state index in [-0.39, 0.29) is 5.78 Å². The molecule has 3 nitrogen and oxygen atoms in total. The first kappa shape index (κ1) is 11.2. The van der Waals surface area contributed by atoms with Crippen LogP contribution in [-0.2, 0) is 23.4 Å². The molecule has 1 saturated carbocycles. The van der Waals surface area contributed by atoms with Crippen molar-refractivity contribution in [2.75, 3.05) is 0 Å². The van der Waals surface area contributed by atoms with E-state index in [9.17, 15) is 18.0 Å². The number of hydrogen-bond donors (Lipinski definition) is 0. The molecule has 2 rings (SSSR count). The highest BCUT2D eigenvalue weighted by atomic mass is 19.4. The number of carbonyl (C=O) groups is 1. The summed E-state index contributed by atoms with van der Waals surface area (Å²) in [6, 6.07) is 0.981. The lowest BCUT2D eigenvalue weighted by atomic mass is 9.97. The van der Waals surface area contributed by atoms with E-state index in [2.05, 4.69) is 5.10 Å². The van der Waals surface area contributed by atoms with Crippen molar-refractivity contribution in [1.82, 2.24) is 9.78 Å². The zero-order valence-corrected chi connectivity index (χ0v) is 8.93. The number of ketones is 1. The van der Waals surface area contributed by atoms with Crippen molar-refractivity contribution in [1.29, 1.82) is 0 Å².